The Labute approximate surface area is 97.2 Å². The van der Waals surface area contributed by atoms with Gasteiger partial charge in [-0.15, -0.1) is 0 Å². The van der Waals surface area contributed by atoms with E-state index in [-0.39, 0.29) is 0 Å². The van der Waals surface area contributed by atoms with Crippen molar-refractivity contribution in [3.05, 3.63) is 29.3 Å². The number of aryl methyl sites for hydroxylation is 1. The molecule has 0 amide bonds. The molecule has 0 radical (unpaired) electrons. The van der Waals surface area contributed by atoms with E-state index in [1.807, 2.05) is 0 Å². The number of hydrogen-bond acceptors (Lipinski definition) is 3. The molecule has 0 bridgehead atoms. The van der Waals surface area contributed by atoms with Gasteiger partial charge in [0.05, 0.1) is 7.11 Å². The quantitative estimate of drug-likeness (QED) is 0.800. The summed E-state index contributed by atoms with van der Waals surface area (Å²) in [6.07, 6.45) is 1.08. The molecule has 1 heterocycles. The number of piperazine rings is 1. The normalized spacial score (nSPS) is 20.8. The molecule has 1 saturated heterocycles. The van der Waals surface area contributed by atoms with Crippen LogP contribution >= 0.6 is 0 Å². The maximum absolute atomic E-state index is 5.26. The first-order valence-corrected chi connectivity index (χ1v) is 5.87. The standard InChI is InChI=1S/C13H20N2O/c1-10-7-11(3-4-13(10)16-2)8-12-9-14-5-6-15-12/h3-4,7,12,14-15H,5-6,8-9H2,1-2H3. The Kier molecular flexibility index (Phi) is 3.80. The van der Waals surface area contributed by atoms with Crippen molar-refractivity contribution in [2.24, 2.45) is 0 Å². The highest BCUT2D eigenvalue weighted by atomic mass is 16.5. The largest absolute Gasteiger partial charge is 0.496 e. The van der Waals surface area contributed by atoms with Crippen LogP contribution in [0.5, 0.6) is 5.75 Å². The average Bonchev–Trinajstić information content (AvgIpc) is 2.31. The summed E-state index contributed by atoms with van der Waals surface area (Å²) in [7, 11) is 1.72. The van der Waals surface area contributed by atoms with E-state index in [4.69, 9.17) is 4.74 Å². The lowest BCUT2D eigenvalue weighted by Crippen LogP contribution is -2.49. The average molecular weight is 220 g/mol. The van der Waals surface area contributed by atoms with Crippen molar-refractivity contribution in [3.8, 4) is 5.75 Å². The molecule has 1 atom stereocenters. The van der Waals surface area contributed by atoms with Crippen molar-refractivity contribution < 1.29 is 4.74 Å². The summed E-state index contributed by atoms with van der Waals surface area (Å²) in [6, 6.07) is 6.99. The molecule has 2 rings (SSSR count). The van der Waals surface area contributed by atoms with Crippen molar-refractivity contribution in [2.75, 3.05) is 26.7 Å². The van der Waals surface area contributed by atoms with Gasteiger partial charge in [-0.3, -0.25) is 0 Å². The predicted molar refractivity (Wildman–Crippen MR) is 66.1 cm³/mol. The maximum Gasteiger partial charge on any atom is 0.121 e. The van der Waals surface area contributed by atoms with E-state index in [0.717, 1.165) is 31.8 Å². The Morgan fingerprint density at radius 3 is 2.88 bits per heavy atom. The molecule has 0 saturated carbocycles. The molecule has 1 aromatic rings. The highest BCUT2D eigenvalue weighted by Crippen LogP contribution is 2.19. The highest BCUT2D eigenvalue weighted by molar-refractivity contribution is 5.36. The third-order valence-electron chi connectivity index (χ3n) is 3.07. The lowest BCUT2D eigenvalue weighted by Gasteiger charge is -2.24. The zero-order valence-corrected chi connectivity index (χ0v) is 10.0. The smallest absolute Gasteiger partial charge is 0.121 e. The van der Waals surface area contributed by atoms with Gasteiger partial charge >= 0.3 is 0 Å². The van der Waals surface area contributed by atoms with Crippen molar-refractivity contribution >= 4 is 0 Å². The molecular formula is C13H20N2O. The predicted octanol–water partition coefficient (Wildman–Crippen LogP) is 1.11. The van der Waals surface area contributed by atoms with Gasteiger partial charge in [0.1, 0.15) is 5.75 Å². The fraction of sp³-hybridized carbons (Fsp3) is 0.538. The van der Waals surface area contributed by atoms with E-state index in [9.17, 15) is 0 Å². The van der Waals surface area contributed by atoms with Crippen LogP contribution in [0.2, 0.25) is 0 Å². The lowest BCUT2D eigenvalue weighted by molar-refractivity contribution is 0.409. The Morgan fingerprint density at radius 2 is 2.25 bits per heavy atom. The Bertz CT molecular complexity index is 346. The summed E-state index contributed by atoms with van der Waals surface area (Å²) >= 11 is 0. The molecule has 3 nitrogen and oxygen atoms in total. The van der Waals surface area contributed by atoms with Gasteiger partial charge in [-0.1, -0.05) is 12.1 Å². The number of hydrogen-bond donors (Lipinski definition) is 2. The Balaban J connectivity index is 2.01. The molecule has 2 N–H and O–H groups in total. The van der Waals surface area contributed by atoms with E-state index < -0.39 is 0 Å². The van der Waals surface area contributed by atoms with Crippen LogP contribution < -0.4 is 15.4 Å². The van der Waals surface area contributed by atoms with Gasteiger partial charge < -0.3 is 15.4 Å². The Morgan fingerprint density at radius 1 is 1.38 bits per heavy atom. The topological polar surface area (TPSA) is 33.3 Å². The van der Waals surface area contributed by atoms with Crippen molar-refractivity contribution in [1.29, 1.82) is 0 Å². The summed E-state index contributed by atoms with van der Waals surface area (Å²) in [5.74, 6) is 0.971. The van der Waals surface area contributed by atoms with E-state index in [2.05, 4.69) is 35.8 Å². The first-order valence-electron chi connectivity index (χ1n) is 5.87. The van der Waals surface area contributed by atoms with Gasteiger partial charge in [0.15, 0.2) is 0 Å². The molecule has 88 valence electrons. The van der Waals surface area contributed by atoms with Crippen LogP contribution in [0.1, 0.15) is 11.1 Å². The molecule has 1 unspecified atom stereocenters. The van der Waals surface area contributed by atoms with Gasteiger partial charge in [-0.05, 0) is 30.5 Å². The first-order chi connectivity index (χ1) is 7.79. The maximum atomic E-state index is 5.26. The summed E-state index contributed by atoms with van der Waals surface area (Å²) in [5, 5.41) is 6.93. The summed E-state index contributed by atoms with van der Waals surface area (Å²) in [5.41, 5.74) is 2.59. The number of ether oxygens (including phenoxy) is 1. The summed E-state index contributed by atoms with van der Waals surface area (Å²) in [4.78, 5) is 0. The minimum atomic E-state index is 0.557. The minimum Gasteiger partial charge on any atom is -0.496 e. The second-order valence-electron chi connectivity index (χ2n) is 4.36. The SMILES string of the molecule is COc1ccc(CC2CNCCN2)cc1C. The van der Waals surface area contributed by atoms with E-state index in [1.54, 1.807) is 7.11 Å². The lowest BCUT2D eigenvalue weighted by atomic mass is 10.0. The molecule has 0 aliphatic carbocycles. The van der Waals surface area contributed by atoms with Gasteiger partial charge in [0, 0.05) is 25.7 Å². The van der Waals surface area contributed by atoms with Crippen molar-refractivity contribution in [2.45, 2.75) is 19.4 Å². The van der Waals surface area contributed by atoms with Crippen LogP contribution in [0.3, 0.4) is 0 Å². The van der Waals surface area contributed by atoms with Crippen molar-refractivity contribution in [3.63, 3.8) is 0 Å². The molecule has 0 spiro atoms. The zero-order valence-electron chi connectivity index (χ0n) is 10.0. The van der Waals surface area contributed by atoms with Crippen LogP contribution in [-0.2, 0) is 6.42 Å². The zero-order chi connectivity index (χ0) is 11.4. The van der Waals surface area contributed by atoms with Crippen LogP contribution in [0.4, 0.5) is 0 Å². The molecule has 1 aromatic carbocycles. The van der Waals surface area contributed by atoms with Crippen molar-refractivity contribution in [1.82, 2.24) is 10.6 Å². The second kappa shape index (κ2) is 5.32. The fourth-order valence-electron chi connectivity index (χ4n) is 2.21. The van der Waals surface area contributed by atoms with E-state index in [1.165, 1.54) is 11.1 Å². The monoisotopic (exact) mass is 220 g/mol. The molecule has 0 aromatic heterocycles. The summed E-state index contributed by atoms with van der Waals surface area (Å²) in [6.45, 7) is 5.30. The molecular weight excluding hydrogens is 200 g/mol. The summed E-state index contributed by atoms with van der Waals surface area (Å²) < 4.78 is 5.26. The third kappa shape index (κ3) is 2.74. The van der Waals surface area contributed by atoms with Gasteiger partial charge in [-0.25, -0.2) is 0 Å². The van der Waals surface area contributed by atoms with Crippen LogP contribution in [0.25, 0.3) is 0 Å². The number of rotatable bonds is 3. The molecule has 1 aliphatic rings. The number of nitrogens with one attached hydrogen (secondary N) is 2. The van der Waals surface area contributed by atoms with Crippen LogP contribution in [0.15, 0.2) is 18.2 Å². The van der Waals surface area contributed by atoms with Crippen LogP contribution in [-0.4, -0.2) is 32.8 Å². The minimum absolute atomic E-state index is 0.557. The van der Waals surface area contributed by atoms with Gasteiger partial charge in [0.2, 0.25) is 0 Å². The molecule has 16 heavy (non-hydrogen) atoms. The van der Waals surface area contributed by atoms with Gasteiger partial charge in [0.25, 0.3) is 0 Å². The number of benzene rings is 1. The second-order valence-corrected chi connectivity index (χ2v) is 4.36. The Hall–Kier alpha value is -1.06. The fourth-order valence-corrected chi connectivity index (χ4v) is 2.21. The van der Waals surface area contributed by atoms with E-state index >= 15 is 0 Å². The van der Waals surface area contributed by atoms with E-state index in [0.29, 0.717) is 6.04 Å². The number of methoxy groups -OCH3 is 1. The third-order valence-corrected chi connectivity index (χ3v) is 3.07. The van der Waals surface area contributed by atoms with Crippen LogP contribution in [0, 0.1) is 6.92 Å². The van der Waals surface area contributed by atoms with Gasteiger partial charge in [-0.2, -0.15) is 0 Å². The first kappa shape index (κ1) is 11.4. The molecule has 1 fully saturated rings. The highest BCUT2D eigenvalue weighted by Gasteiger charge is 2.12. The molecule has 3 heteroatoms. The molecule has 1 aliphatic heterocycles.